The predicted molar refractivity (Wildman–Crippen MR) is 181 cm³/mol. The van der Waals surface area contributed by atoms with Gasteiger partial charge in [-0.05, 0) is 64.9 Å². The van der Waals surface area contributed by atoms with Gasteiger partial charge in [0.15, 0.2) is 11.0 Å². The van der Waals surface area contributed by atoms with Gasteiger partial charge in [0.1, 0.15) is 23.0 Å². The van der Waals surface area contributed by atoms with Crippen molar-refractivity contribution in [3.05, 3.63) is 121 Å². The number of hydrogen-bond acceptors (Lipinski definition) is 2. The first-order valence-electron chi connectivity index (χ1n) is 15.3. The Labute approximate surface area is 259 Å². The monoisotopic (exact) mass is 579 g/mol. The van der Waals surface area contributed by atoms with E-state index in [9.17, 15) is 0 Å². The van der Waals surface area contributed by atoms with E-state index in [-0.39, 0.29) is 10.8 Å². The van der Waals surface area contributed by atoms with E-state index in [0.717, 1.165) is 45.1 Å². The molecule has 0 N–H and O–H groups in total. The number of hydrogen-bond donors (Lipinski definition) is 0. The van der Waals surface area contributed by atoms with Gasteiger partial charge in [0.2, 0.25) is 6.33 Å². The number of ether oxygens (including phenoxy) is 1. The highest BCUT2D eigenvalue weighted by Gasteiger charge is 2.24. The second kappa shape index (κ2) is 10.1. The first kappa shape index (κ1) is 27.9. The summed E-state index contributed by atoms with van der Waals surface area (Å²) in [6.45, 7) is 13.4. The van der Waals surface area contributed by atoms with Gasteiger partial charge in [0.05, 0.1) is 18.1 Å². The van der Waals surface area contributed by atoms with Gasteiger partial charge in [0.25, 0.3) is 0 Å². The van der Waals surface area contributed by atoms with Crippen LogP contribution in [0.4, 0.5) is 0 Å². The lowest BCUT2D eigenvalue weighted by atomic mass is 9.86. The number of benzene rings is 4. The number of aromatic nitrogens is 4. The normalized spacial score (nSPS) is 12.4. The zero-order chi connectivity index (χ0) is 30.8. The van der Waals surface area contributed by atoms with E-state index in [1.807, 2.05) is 6.20 Å². The average molecular weight is 580 g/mol. The number of imidazole rings is 1. The summed E-state index contributed by atoms with van der Waals surface area (Å²) in [6, 6.07) is 34.3. The molecular weight excluding hydrogens is 540 g/mol. The molecule has 0 amide bonds. The first-order chi connectivity index (χ1) is 21.0. The maximum atomic E-state index is 6.84. The second-order valence-corrected chi connectivity index (χ2v) is 13.8. The lowest BCUT2D eigenvalue weighted by molar-refractivity contribution is -0.645. The molecule has 5 heteroatoms. The molecule has 0 aliphatic rings. The SMILES string of the molecule is C[n+]1cn(-c2ccc(C(C)(C)C)c(Oc3ccc4c5ccccc5n(-c5cc(C(C)(C)C)ccn5)c4c3)c2)c2ccccc21. The van der Waals surface area contributed by atoms with Crippen LogP contribution in [0.15, 0.2) is 110 Å². The van der Waals surface area contributed by atoms with Crippen molar-refractivity contribution in [3.8, 4) is 23.0 Å². The highest BCUT2D eigenvalue weighted by Crippen LogP contribution is 2.39. The van der Waals surface area contributed by atoms with Gasteiger partial charge < -0.3 is 4.74 Å². The van der Waals surface area contributed by atoms with Crippen molar-refractivity contribution in [2.24, 2.45) is 7.05 Å². The zero-order valence-electron chi connectivity index (χ0n) is 26.6. The Morgan fingerprint density at radius 1 is 0.682 bits per heavy atom. The van der Waals surface area contributed by atoms with E-state index in [0.29, 0.717) is 0 Å². The first-order valence-corrected chi connectivity index (χ1v) is 15.3. The Morgan fingerprint density at radius 3 is 2.18 bits per heavy atom. The summed E-state index contributed by atoms with van der Waals surface area (Å²) in [5.74, 6) is 2.55. The molecular formula is C39H39N4O+. The molecule has 0 bridgehead atoms. The van der Waals surface area contributed by atoms with Crippen LogP contribution in [0.25, 0.3) is 44.3 Å². The largest absolute Gasteiger partial charge is 0.457 e. The summed E-state index contributed by atoms with van der Waals surface area (Å²) >= 11 is 0. The molecule has 0 saturated heterocycles. The standard InChI is InChI=1S/C39H39N4O/c1-38(2,3)26-20-21-40-37(22-26)43-32-13-9-8-12-29(32)30-18-17-28(24-35(30)43)44-36-23-27(16-19-31(36)39(4,5)6)42-25-41(7)33-14-10-11-15-34(33)42/h8-25H,1-7H3/q+1. The summed E-state index contributed by atoms with van der Waals surface area (Å²) in [4.78, 5) is 4.85. The molecule has 0 unspecified atom stereocenters. The summed E-state index contributed by atoms with van der Waals surface area (Å²) in [6.07, 6.45) is 4.05. The number of fused-ring (bicyclic) bond motifs is 4. The van der Waals surface area contributed by atoms with E-state index in [1.165, 1.54) is 21.9 Å². The van der Waals surface area contributed by atoms with E-state index < -0.39 is 0 Å². The van der Waals surface area contributed by atoms with E-state index in [1.54, 1.807) is 0 Å². The van der Waals surface area contributed by atoms with E-state index in [2.05, 4.69) is 166 Å². The number of rotatable bonds is 4. The maximum absolute atomic E-state index is 6.84. The van der Waals surface area contributed by atoms with Crippen LogP contribution in [0.5, 0.6) is 11.5 Å². The number of nitrogens with zero attached hydrogens (tertiary/aromatic N) is 4. The van der Waals surface area contributed by atoms with Crippen molar-refractivity contribution in [2.45, 2.75) is 52.4 Å². The van der Waals surface area contributed by atoms with Crippen LogP contribution in [-0.4, -0.2) is 14.1 Å². The van der Waals surface area contributed by atoms with Crippen molar-refractivity contribution < 1.29 is 9.30 Å². The highest BCUT2D eigenvalue weighted by molar-refractivity contribution is 6.09. The Balaban J connectivity index is 1.39. The molecule has 5 nitrogen and oxygen atoms in total. The van der Waals surface area contributed by atoms with Crippen molar-refractivity contribution in [3.63, 3.8) is 0 Å². The lowest BCUT2D eigenvalue weighted by Crippen LogP contribution is -2.25. The molecule has 7 aromatic rings. The van der Waals surface area contributed by atoms with E-state index >= 15 is 0 Å². The summed E-state index contributed by atoms with van der Waals surface area (Å²) < 4.78 is 13.5. The van der Waals surface area contributed by atoms with Crippen molar-refractivity contribution in [2.75, 3.05) is 0 Å². The van der Waals surface area contributed by atoms with Gasteiger partial charge in [-0.2, -0.15) is 4.57 Å². The van der Waals surface area contributed by atoms with Crippen LogP contribution in [-0.2, 0) is 17.9 Å². The molecule has 0 atom stereocenters. The Morgan fingerprint density at radius 2 is 1.41 bits per heavy atom. The minimum atomic E-state index is -0.104. The van der Waals surface area contributed by atoms with Crippen LogP contribution >= 0.6 is 0 Å². The number of pyridine rings is 1. The molecule has 44 heavy (non-hydrogen) atoms. The zero-order valence-corrected chi connectivity index (χ0v) is 26.6. The molecule has 0 radical (unpaired) electrons. The molecule has 4 aromatic carbocycles. The fraction of sp³-hybridized carbons (Fsp3) is 0.231. The second-order valence-electron chi connectivity index (χ2n) is 13.8. The minimum Gasteiger partial charge on any atom is -0.457 e. The molecule has 3 heterocycles. The quantitative estimate of drug-likeness (QED) is 0.195. The fourth-order valence-electron chi connectivity index (χ4n) is 6.23. The molecule has 0 saturated carbocycles. The van der Waals surface area contributed by atoms with E-state index in [4.69, 9.17) is 9.72 Å². The molecule has 7 rings (SSSR count). The minimum absolute atomic E-state index is 0.0151. The molecule has 3 aromatic heterocycles. The predicted octanol–water partition coefficient (Wildman–Crippen LogP) is 9.33. The summed E-state index contributed by atoms with van der Waals surface area (Å²) in [5.41, 5.74) is 7.90. The van der Waals surface area contributed by atoms with Gasteiger partial charge in [-0.1, -0.05) is 77.9 Å². The van der Waals surface area contributed by atoms with Crippen LogP contribution in [0.2, 0.25) is 0 Å². The third-order valence-electron chi connectivity index (χ3n) is 8.57. The highest BCUT2D eigenvalue weighted by atomic mass is 16.5. The van der Waals surface area contributed by atoms with Crippen LogP contribution < -0.4 is 9.30 Å². The van der Waals surface area contributed by atoms with Crippen LogP contribution in [0.1, 0.15) is 52.7 Å². The molecule has 0 aliphatic carbocycles. The van der Waals surface area contributed by atoms with Crippen molar-refractivity contribution in [1.29, 1.82) is 0 Å². The summed E-state index contributed by atoms with van der Waals surface area (Å²) in [7, 11) is 2.08. The van der Waals surface area contributed by atoms with Crippen LogP contribution in [0.3, 0.4) is 0 Å². The van der Waals surface area contributed by atoms with Gasteiger partial charge in [0, 0.05) is 34.7 Å². The van der Waals surface area contributed by atoms with Gasteiger partial charge in [-0.25, -0.2) is 9.55 Å². The fourth-order valence-corrected chi connectivity index (χ4v) is 6.23. The van der Waals surface area contributed by atoms with Gasteiger partial charge in [-0.15, -0.1) is 0 Å². The molecule has 0 aliphatic heterocycles. The number of aryl methyl sites for hydroxylation is 1. The van der Waals surface area contributed by atoms with Gasteiger partial charge >= 0.3 is 0 Å². The Bertz CT molecular complexity index is 2190. The lowest BCUT2D eigenvalue weighted by Gasteiger charge is -2.23. The molecule has 0 fully saturated rings. The Hall–Kier alpha value is -4.90. The van der Waals surface area contributed by atoms with Crippen molar-refractivity contribution in [1.82, 2.24) is 14.1 Å². The number of para-hydroxylation sites is 3. The van der Waals surface area contributed by atoms with Crippen molar-refractivity contribution >= 4 is 32.8 Å². The summed E-state index contributed by atoms with van der Waals surface area (Å²) in [5, 5.41) is 2.37. The molecule has 0 spiro atoms. The molecule has 220 valence electrons. The Kier molecular flexibility index (Phi) is 6.40. The topological polar surface area (TPSA) is 35.9 Å². The maximum Gasteiger partial charge on any atom is 0.249 e. The third-order valence-corrected chi connectivity index (χ3v) is 8.57. The third kappa shape index (κ3) is 4.73. The average Bonchev–Trinajstić information content (AvgIpc) is 3.51. The van der Waals surface area contributed by atoms with Crippen LogP contribution in [0, 0.1) is 0 Å². The van der Waals surface area contributed by atoms with Gasteiger partial charge in [-0.3, -0.25) is 4.57 Å². The smallest absolute Gasteiger partial charge is 0.249 e.